The molecule has 4 aromatic heterocycles. The highest BCUT2D eigenvalue weighted by atomic mass is 16.5. The molecule has 0 aromatic carbocycles. The van der Waals surface area contributed by atoms with E-state index in [2.05, 4.69) is 35.0 Å². The van der Waals surface area contributed by atoms with Crippen LogP contribution in [0.3, 0.4) is 0 Å². The molecule has 0 bridgehead atoms. The van der Waals surface area contributed by atoms with Gasteiger partial charge in [0.05, 0.1) is 17.4 Å². The molecule has 0 saturated carbocycles. The molecule has 1 aliphatic rings. The highest BCUT2D eigenvalue weighted by molar-refractivity contribution is 5.61. The normalized spacial score (nSPS) is 16.9. The molecule has 0 N–H and O–H groups in total. The fraction of sp³-hybridized carbons (Fsp3) is 0.238. The molecule has 0 amide bonds. The average Bonchev–Trinajstić information content (AvgIpc) is 3.45. The Labute approximate surface area is 167 Å². The molecule has 1 aliphatic heterocycles. The summed E-state index contributed by atoms with van der Waals surface area (Å²) in [4.78, 5) is 24.0. The van der Waals surface area contributed by atoms with E-state index in [1.807, 2.05) is 36.5 Å². The fourth-order valence-electron chi connectivity index (χ4n) is 3.61. The van der Waals surface area contributed by atoms with Gasteiger partial charge in [0.15, 0.2) is 0 Å². The van der Waals surface area contributed by atoms with Gasteiger partial charge in [-0.05, 0) is 43.7 Å². The van der Waals surface area contributed by atoms with Crippen molar-refractivity contribution >= 4 is 0 Å². The largest absolute Gasteiger partial charge is 0.337 e. The minimum absolute atomic E-state index is 0.118. The van der Waals surface area contributed by atoms with Crippen LogP contribution in [0.5, 0.6) is 0 Å². The van der Waals surface area contributed by atoms with Gasteiger partial charge in [-0.25, -0.2) is 9.97 Å². The van der Waals surface area contributed by atoms with E-state index < -0.39 is 0 Å². The van der Waals surface area contributed by atoms with Gasteiger partial charge >= 0.3 is 0 Å². The first-order valence-electron chi connectivity index (χ1n) is 9.56. The standard InChI is InChI=1S/C21H19N7O/c1-2-8-24-17(4-1)13-28-9-3-5-19(28)21-26-20(27-29-21)15-6-7-18(25-12-15)16-10-22-14-23-11-16/h1-2,4,6-8,10-12,14,19H,3,5,9,13H2/t19-/m0/s1. The van der Waals surface area contributed by atoms with Gasteiger partial charge in [-0.15, -0.1) is 0 Å². The van der Waals surface area contributed by atoms with Crippen LogP contribution in [0.2, 0.25) is 0 Å². The zero-order chi connectivity index (χ0) is 19.5. The first kappa shape index (κ1) is 17.6. The summed E-state index contributed by atoms with van der Waals surface area (Å²) in [6.07, 6.45) is 10.6. The van der Waals surface area contributed by atoms with Crippen LogP contribution < -0.4 is 0 Å². The van der Waals surface area contributed by atoms with Gasteiger partial charge < -0.3 is 4.52 Å². The molecular formula is C21H19N7O. The Hall–Kier alpha value is -3.52. The van der Waals surface area contributed by atoms with Crippen molar-refractivity contribution in [3.63, 3.8) is 0 Å². The number of hydrogen-bond acceptors (Lipinski definition) is 8. The summed E-state index contributed by atoms with van der Waals surface area (Å²) in [5.41, 5.74) is 3.53. The van der Waals surface area contributed by atoms with Gasteiger partial charge in [-0.1, -0.05) is 11.2 Å². The molecule has 5 rings (SSSR count). The van der Waals surface area contributed by atoms with Gasteiger partial charge in [-0.3, -0.25) is 14.9 Å². The Morgan fingerprint density at radius 2 is 1.93 bits per heavy atom. The monoisotopic (exact) mass is 385 g/mol. The van der Waals surface area contributed by atoms with Gasteiger partial charge in [0.25, 0.3) is 0 Å². The molecule has 8 nitrogen and oxygen atoms in total. The highest BCUT2D eigenvalue weighted by Gasteiger charge is 2.31. The maximum atomic E-state index is 5.61. The van der Waals surface area contributed by atoms with Gasteiger partial charge in [-0.2, -0.15) is 4.98 Å². The Kier molecular flexibility index (Phi) is 4.75. The predicted molar refractivity (Wildman–Crippen MR) is 105 cm³/mol. The van der Waals surface area contributed by atoms with Crippen molar-refractivity contribution in [2.75, 3.05) is 6.54 Å². The van der Waals surface area contributed by atoms with Crippen LogP contribution in [0.1, 0.15) is 30.5 Å². The maximum Gasteiger partial charge on any atom is 0.244 e. The molecular weight excluding hydrogens is 366 g/mol. The first-order chi connectivity index (χ1) is 14.4. The smallest absolute Gasteiger partial charge is 0.244 e. The molecule has 0 spiro atoms. The summed E-state index contributed by atoms with van der Waals surface area (Å²) in [6.45, 7) is 1.77. The van der Waals surface area contributed by atoms with Gasteiger partial charge in [0, 0.05) is 42.5 Å². The maximum absolute atomic E-state index is 5.61. The summed E-state index contributed by atoms with van der Waals surface area (Å²) in [5.74, 6) is 1.20. The van der Waals surface area contributed by atoms with Gasteiger partial charge in [0.2, 0.25) is 11.7 Å². The van der Waals surface area contributed by atoms with E-state index in [0.29, 0.717) is 11.7 Å². The van der Waals surface area contributed by atoms with Crippen LogP contribution in [0.4, 0.5) is 0 Å². The molecule has 8 heteroatoms. The average molecular weight is 385 g/mol. The molecule has 0 aliphatic carbocycles. The number of nitrogens with zero attached hydrogens (tertiary/aromatic N) is 7. The van der Waals surface area contributed by atoms with Crippen LogP contribution >= 0.6 is 0 Å². The minimum Gasteiger partial charge on any atom is -0.337 e. The third kappa shape index (κ3) is 3.74. The summed E-state index contributed by atoms with van der Waals surface area (Å²) >= 11 is 0. The summed E-state index contributed by atoms with van der Waals surface area (Å²) in [7, 11) is 0. The minimum atomic E-state index is 0.118. The molecule has 4 aromatic rings. The van der Waals surface area contributed by atoms with Crippen molar-refractivity contribution in [1.29, 1.82) is 0 Å². The number of pyridine rings is 2. The zero-order valence-corrected chi connectivity index (χ0v) is 15.7. The SMILES string of the molecule is c1ccc(CN2CCC[C@H]2c2nc(-c3ccc(-c4cncnc4)nc3)no2)nc1. The quantitative estimate of drug-likeness (QED) is 0.516. The third-order valence-corrected chi connectivity index (χ3v) is 5.06. The number of likely N-dealkylation sites (tertiary alicyclic amines) is 1. The van der Waals surface area contributed by atoms with Crippen LogP contribution in [0.15, 0.2) is 66.0 Å². The Bertz CT molecular complexity index is 1070. The van der Waals surface area contributed by atoms with Crippen molar-refractivity contribution in [2.24, 2.45) is 0 Å². The van der Waals surface area contributed by atoms with Gasteiger partial charge in [0.1, 0.15) is 6.33 Å². The number of hydrogen-bond donors (Lipinski definition) is 0. The second-order valence-corrected chi connectivity index (χ2v) is 6.97. The summed E-state index contributed by atoms with van der Waals surface area (Å²) < 4.78 is 5.61. The van der Waals surface area contributed by atoms with E-state index in [9.17, 15) is 0 Å². The molecule has 5 heterocycles. The lowest BCUT2D eigenvalue weighted by Gasteiger charge is -2.20. The van der Waals surface area contributed by atoms with E-state index >= 15 is 0 Å². The van der Waals surface area contributed by atoms with Crippen molar-refractivity contribution in [3.05, 3.63) is 73.0 Å². The predicted octanol–water partition coefficient (Wildman–Crippen LogP) is 3.32. The second kappa shape index (κ2) is 7.84. The van der Waals surface area contributed by atoms with Crippen molar-refractivity contribution < 1.29 is 4.52 Å². The van der Waals surface area contributed by atoms with Crippen molar-refractivity contribution in [3.8, 4) is 22.6 Å². The molecule has 1 fully saturated rings. The zero-order valence-electron chi connectivity index (χ0n) is 15.7. The Balaban J connectivity index is 1.33. The summed E-state index contributed by atoms with van der Waals surface area (Å²) in [5, 5.41) is 4.18. The van der Waals surface area contributed by atoms with E-state index in [-0.39, 0.29) is 6.04 Å². The third-order valence-electron chi connectivity index (χ3n) is 5.06. The fourth-order valence-corrected chi connectivity index (χ4v) is 3.61. The number of aromatic nitrogens is 6. The lowest BCUT2D eigenvalue weighted by atomic mass is 10.2. The lowest BCUT2D eigenvalue weighted by Crippen LogP contribution is -2.23. The molecule has 29 heavy (non-hydrogen) atoms. The Morgan fingerprint density at radius 3 is 2.72 bits per heavy atom. The van der Waals surface area contributed by atoms with E-state index in [0.717, 1.165) is 48.4 Å². The van der Waals surface area contributed by atoms with Crippen molar-refractivity contribution in [1.82, 2.24) is 35.0 Å². The van der Waals surface area contributed by atoms with E-state index in [1.165, 1.54) is 6.33 Å². The summed E-state index contributed by atoms with van der Waals surface area (Å²) in [6, 6.07) is 9.94. The second-order valence-electron chi connectivity index (χ2n) is 6.97. The van der Waals surface area contributed by atoms with Crippen LogP contribution in [0.25, 0.3) is 22.6 Å². The lowest BCUT2D eigenvalue weighted by molar-refractivity contribution is 0.199. The van der Waals surface area contributed by atoms with E-state index in [1.54, 1.807) is 18.6 Å². The molecule has 1 saturated heterocycles. The van der Waals surface area contributed by atoms with Crippen LogP contribution in [0, 0.1) is 0 Å². The first-order valence-corrected chi connectivity index (χ1v) is 9.56. The van der Waals surface area contributed by atoms with E-state index in [4.69, 9.17) is 4.52 Å². The number of rotatable bonds is 5. The molecule has 0 radical (unpaired) electrons. The van der Waals surface area contributed by atoms with Crippen molar-refractivity contribution in [2.45, 2.75) is 25.4 Å². The van der Waals surface area contributed by atoms with Crippen LogP contribution in [-0.2, 0) is 6.54 Å². The molecule has 0 unspecified atom stereocenters. The highest BCUT2D eigenvalue weighted by Crippen LogP contribution is 2.33. The molecule has 144 valence electrons. The topological polar surface area (TPSA) is 93.7 Å². The van der Waals surface area contributed by atoms with Crippen LogP contribution in [-0.4, -0.2) is 41.5 Å². The Morgan fingerprint density at radius 1 is 1.00 bits per heavy atom. The molecule has 1 atom stereocenters.